The van der Waals surface area contributed by atoms with Crippen molar-refractivity contribution < 1.29 is 28.5 Å². The molecule has 0 fully saturated rings. The number of unbranched alkanes of at least 4 members (excludes halogenated alkanes) is 4. The van der Waals surface area contributed by atoms with E-state index in [4.69, 9.17) is 18.9 Å². The molecule has 8 heteroatoms. The van der Waals surface area contributed by atoms with Gasteiger partial charge in [-0.2, -0.15) is 0 Å². The smallest absolute Gasteiger partial charge is 0.253 e. The predicted molar refractivity (Wildman–Crippen MR) is 151 cm³/mol. The third-order valence-corrected chi connectivity index (χ3v) is 6.24. The van der Waals surface area contributed by atoms with Crippen molar-refractivity contribution >= 4 is 11.8 Å². The molecule has 3 rings (SSSR count). The van der Waals surface area contributed by atoms with Gasteiger partial charge in [-0.25, -0.2) is 0 Å². The second kappa shape index (κ2) is 15.3. The molecular formula is C31H38N2O6. The van der Waals surface area contributed by atoms with Crippen molar-refractivity contribution in [1.82, 2.24) is 10.6 Å². The van der Waals surface area contributed by atoms with E-state index < -0.39 is 6.17 Å². The van der Waals surface area contributed by atoms with Gasteiger partial charge in [-0.15, -0.1) is 0 Å². The first-order chi connectivity index (χ1) is 19.0. The SMILES string of the molecule is CCCCCCCOc1cc(C(NC(=O)c2cccc(OC)c2)NC(=O)c2cccc(OC)c2)ccc1OC. The van der Waals surface area contributed by atoms with Crippen LogP contribution in [0.5, 0.6) is 23.0 Å². The zero-order valence-corrected chi connectivity index (χ0v) is 23.1. The third-order valence-electron chi connectivity index (χ3n) is 6.24. The molecule has 208 valence electrons. The fourth-order valence-corrected chi connectivity index (χ4v) is 4.03. The fourth-order valence-electron chi connectivity index (χ4n) is 4.03. The van der Waals surface area contributed by atoms with E-state index in [1.54, 1.807) is 73.8 Å². The molecule has 0 atom stereocenters. The number of methoxy groups -OCH3 is 3. The normalized spacial score (nSPS) is 10.6. The summed E-state index contributed by atoms with van der Waals surface area (Å²) in [5.41, 5.74) is 1.42. The molecule has 0 aliphatic rings. The summed E-state index contributed by atoms with van der Waals surface area (Å²) in [4.78, 5) is 26.5. The number of benzene rings is 3. The van der Waals surface area contributed by atoms with Crippen LogP contribution in [-0.2, 0) is 0 Å². The third kappa shape index (κ3) is 8.67. The van der Waals surface area contributed by atoms with Crippen LogP contribution in [0.3, 0.4) is 0 Å². The lowest BCUT2D eigenvalue weighted by Crippen LogP contribution is -2.41. The summed E-state index contributed by atoms with van der Waals surface area (Å²) < 4.78 is 22.1. The van der Waals surface area contributed by atoms with Crippen molar-refractivity contribution in [1.29, 1.82) is 0 Å². The maximum atomic E-state index is 13.2. The highest BCUT2D eigenvalue weighted by Gasteiger charge is 2.21. The molecule has 3 aromatic rings. The molecule has 39 heavy (non-hydrogen) atoms. The van der Waals surface area contributed by atoms with E-state index in [9.17, 15) is 9.59 Å². The highest BCUT2D eigenvalue weighted by molar-refractivity contribution is 5.97. The molecule has 0 aromatic heterocycles. The minimum atomic E-state index is -0.861. The molecule has 2 N–H and O–H groups in total. The Morgan fingerprint density at radius 3 is 1.82 bits per heavy atom. The zero-order chi connectivity index (χ0) is 28.0. The van der Waals surface area contributed by atoms with Crippen LogP contribution in [0.4, 0.5) is 0 Å². The second-order valence-corrected chi connectivity index (χ2v) is 9.02. The molecule has 0 aliphatic carbocycles. The molecule has 8 nitrogen and oxygen atoms in total. The van der Waals surface area contributed by atoms with Crippen molar-refractivity contribution in [2.24, 2.45) is 0 Å². The van der Waals surface area contributed by atoms with Crippen LogP contribution >= 0.6 is 0 Å². The number of carbonyl (C=O) groups is 2. The van der Waals surface area contributed by atoms with Gasteiger partial charge in [0.2, 0.25) is 0 Å². The van der Waals surface area contributed by atoms with E-state index in [0.29, 0.717) is 46.3 Å². The topological polar surface area (TPSA) is 95.1 Å². The van der Waals surface area contributed by atoms with E-state index in [2.05, 4.69) is 17.6 Å². The molecule has 0 bridgehead atoms. The lowest BCUT2D eigenvalue weighted by atomic mass is 10.1. The fraction of sp³-hybridized carbons (Fsp3) is 0.355. The number of amides is 2. The molecule has 0 saturated heterocycles. The summed E-state index contributed by atoms with van der Waals surface area (Å²) in [6, 6.07) is 19.0. The molecular weight excluding hydrogens is 496 g/mol. The summed E-state index contributed by atoms with van der Waals surface area (Å²) in [5, 5.41) is 5.86. The lowest BCUT2D eigenvalue weighted by Gasteiger charge is -2.22. The Morgan fingerprint density at radius 2 is 1.28 bits per heavy atom. The lowest BCUT2D eigenvalue weighted by molar-refractivity contribution is 0.0882. The average molecular weight is 535 g/mol. The molecule has 0 spiro atoms. The van der Waals surface area contributed by atoms with Gasteiger partial charge in [0, 0.05) is 11.1 Å². The Kier molecular flexibility index (Phi) is 11.5. The van der Waals surface area contributed by atoms with Crippen LogP contribution in [0.1, 0.15) is 71.5 Å². The van der Waals surface area contributed by atoms with Gasteiger partial charge >= 0.3 is 0 Å². The molecule has 0 heterocycles. The van der Waals surface area contributed by atoms with E-state index in [1.807, 2.05) is 0 Å². The number of nitrogens with one attached hydrogen (secondary N) is 2. The summed E-state index contributed by atoms with van der Waals surface area (Å²) in [6.07, 6.45) is 4.72. The quantitative estimate of drug-likeness (QED) is 0.186. The van der Waals surface area contributed by atoms with E-state index in [-0.39, 0.29) is 11.8 Å². The number of carbonyl (C=O) groups excluding carboxylic acids is 2. The molecule has 0 radical (unpaired) electrons. The van der Waals surface area contributed by atoms with Crippen molar-refractivity contribution in [3.05, 3.63) is 83.4 Å². The molecule has 0 saturated carbocycles. The Bertz CT molecular complexity index is 1170. The highest BCUT2D eigenvalue weighted by Crippen LogP contribution is 2.30. The van der Waals surface area contributed by atoms with Gasteiger partial charge < -0.3 is 29.6 Å². The number of rotatable bonds is 15. The predicted octanol–water partition coefficient (Wildman–Crippen LogP) is 5.92. The minimum Gasteiger partial charge on any atom is -0.497 e. The summed E-state index contributed by atoms with van der Waals surface area (Å²) >= 11 is 0. The largest absolute Gasteiger partial charge is 0.497 e. The van der Waals surface area contributed by atoms with Crippen molar-refractivity contribution in [3.63, 3.8) is 0 Å². The van der Waals surface area contributed by atoms with Gasteiger partial charge in [0.15, 0.2) is 11.5 Å². The highest BCUT2D eigenvalue weighted by atomic mass is 16.5. The first-order valence-electron chi connectivity index (χ1n) is 13.2. The van der Waals surface area contributed by atoms with Crippen LogP contribution in [-0.4, -0.2) is 39.8 Å². The standard InChI is InChI=1S/C31H38N2O6/c1-5-6-7-8-9-18-39-28-21-22(16-17-27(28)38-4)29(32-30(34)23-12-10-14-25(19-23)36-2)33-31(35)24-13-11-15-26(20-24)37-3/h10-17,19-21,29H,5-9,18H2,1-4H3,(H,32,34)(H,33,35). The van der Waals surface area contributed by atoms with Gasteiger partial charge in [0.25, 0.3) is 11.8 Å². The minimum absolute atomic E-state index is 0.376. The van der Waals surface area contributed by atoms with Crippen LogP contribution < -0.4 is 29.6 Å². The van der Waals surface area contributed by atoms with Crippen LogP contribution in [0.25, 0.3) is 0 Å². The van der Waals surface area contributed by atoms with Crippen molar-refractivity contribution in [2.45, 2.75) is 45.2 Å². The van der Waals surface area contributed by atoms with Gasteiger partial charge in [-0.05, 0) is 60.5 Å². The summed E-state index contributed by atoms with van der Waals surface area (Å²) in [6.45, 7) is 2.73. The van der Waals surface area contributed by atoms with Gasteiger partial charge in [-0.1, -0.05) is 50.8 Å². The zero-order valence-electron chi connectivity index (χ0n) is 23.1. The Hall–Kier alpha value is -4.20. The van der Waals surface area contributed by atoms with Crippen LogP contribution in [0, 0.1) is 0 Å². The molecule has 2 amide bonds. The van der Waals surface area contributed by atoms with Gasteiger partial charge in [-0.3, -0.25) is 9.59 Å². The monoisotopic (exact) mass is 534 g/mol. The van der Waals surface area contributed by atoms with Crippen LogP contribution in [0.15, 0.2) is 66.7 Å². The maximum Gasteiger partial charge on any atom is 0.253 e. The van der Waals surface area contributed by atoms with Gasteiger partial charge in [0.05, 0.1) is 27.9 Å². The number of hydrogen-bond acceptors (Lipinski definition) is 6. The second-order valence-electron chi connectivity index (χ2n) is 9.02. The molecule has 0 unspecified atom stereocenters. The first kappa shape index (κ1) is 29.4. The Balaban J connectivity index is 1.86. The van der Waals surface area contributed by atoms with E-state index in [0.717, 1.165) is 12.8 Å². The molecule has 3 aromatic carbocycles. The maximum absolute atomic E-state index is 13.2. The Labute approximate surface area is 230 Å². The number of ether oxygens (including phenoxy) is 4. The van der Waals surface area contributed by atoms with Crippen LogP contribution in [0.2, 0.25) is 0 Å². The summed E-state index contributed by atoms with van der Waals surface area (Å²) in [5.74, 6) is 1.47. The van der Waals surface area contributed by atoms with E-state index >= 15 is 0 Å². The average Bonchev–Trinajstić information content (AvgIpc) is 2.98. The Morgan fingerprint density at radius 1 is 0.692 bits per heavy atom. The number of hydrogen-bond donors (Lipinski definition) is 2. The first-order valence-corrected chi connectivity index (χ1v) is 13.2. The van der Waals surface area contributed by atoms with Gasteiger partial charge in [0.1, 0.15) is 17.7 Å². The van der Waals surface area contributed by atoms with Crippen molar-refractivity contribution in [2.75, 3.05) is 27.9 Å². The van der Waals surface area contributed by atoms with Crippen molar-refractivity contribution in [3.8, 4) is 23.0 Å². The van der Waals surface area contributed by atoms with E-state index in [1.165, 1.54) is 33.5 Å². The molecule has 0 aliphatic heterocycles. The summed E-state index contributed by atoms with van der Waals surface area (Å²) in [7, 11) is 4.66.